The lowest BCUT2D eigenvalue weighted by Gasteiger charge is -2.12. The fourth-order valence-corrected chi connectivity index (χ4v) is 1.97. The molecule has 2 rings (SSSR count). The summed E-state index contributed by atoms with van der Waals surface area (Å²) in [6.07, 6.45) is 1.69. The summed E-state index contributed by atoms with van der Waals surface area (Å²) in [7, 11) is 1.69. The van der Waals surface area contributed by atoms with Gasteiger partial charge in [-0.3, -0.25) is 0 Å². The highest BCUT2D eigenvalue weighted by Crippen LogP contribution is 2.14. The third-order valence-electron chi connectivity index (χ3n) is 3.00. The zero-order chi connectivity index (χ0) is 14.2. The van der Waals surface area contributed by atoms with E-state index in [0.29, 0.717) is 13.2 Å². The first-order valence-electron chi connectivity index (χ1n) is 6.77. The van der Waals surface area contributed by atoms with Gasteiger partial charge in [-0.2, -0.15) is 0 Å². The van der Waals surface area contributed by atoms with Gasteiger partial charge in [-0.05, 0) is 36.8 Å². The fraction of sp³-hybridized carbons (Fsp3) is 0.375. The predicted molar refractivity (Wildman–Crippen MR) is 77.8 cm³/mol. The first kappa shape index (κ1) is 14.6. The fourth-order valence-electron chi connectivity index (χ4n) is 1.97. The minimum absolute atomic E-state index is 0.188. The molecule has 1 heterocycles. The molecule has 0 aliphatic rings. The van der Waals surface area contributed by atoms with Crippen molar-refractivity contribution in [2.75, 3.05) is 20.3 Å². The van der Waals surface area contributed by atoms with Crippen molar-refractivity contribution in [3.05, 3.63) is 54.0 Å². The van der Waals surface area contributed by atoms with E-state index >= 15 is 0 Å². The van der Waals surface area contributed by atoms with Crippen LogP contribution in [0.2, 0.25) is 0 Å². The molecule has 1 unspecified atom stereocenters. The largest absolute Gasteiger partial charge is 0.492 e. The number of ether oxygens (including phenoxy) is 2. The van der Waals surface area contributed by atoms with E-state index in [1.807, 2.05) is 36.4 Å². The smallest absolute Gasteiger partial charge is 0.120 e. The van der Waals surface area contributed by atoms with Crippen LogP contribution in [0.4, 0.5) is 0 Å². The Kier molecular flexibility index (Phi) is 5.65. The minimum Gasteiger partial charge on any atom is -0.492 e. The molecule has 0 amide bonds. The van der Waals surface area contributed by atoms with Crippen LogP contribution in [-0.2, 0) is 11.3 Å². The molecule has 1 aromatic heterocycles. The lowest BCUT2D eigenvalue weighted by molar-refractivity contribution is 0.184. The molecule has 108 valence electrons. The number of rotatable bonds is 8. The van der Waals surface area contributed by atoms with Gasteiger partial charge in [0.05, 0.1) is 18.9 Å². The first-order valence-corrected chi connectivity index (χ1v) is 6.77. The molecule has 2 aromatic rings. The first-order chi connectivity index (χ1) is 9.79. The van der Waals surface area contributed by atoms with Gasteiger partial charge in [-0.25, -0.2) is 0 Å². The van der Waals surface area contributed by atoms with Crippen LogP contribution in [0.15, 0.2) is 47.1 Å². The Morgan fingerprint density at radius 3 is 2.90 bits per heavy atom. The average Bonchev–Trinajstić information content (AvgIpc) is 2.98. The van der Waals surface area contributed by atoms with Crippen LogP contribution in [0, 0.1) is 0 Å². The summed E-state index contributed by atoms with van der Waals surface area (Å²) in [5, 5.41) is 3.35. The molecule has 0 fully saturated rings. The van der Waals surface area contributed by atoms with Gasteiger partial charge in [0.25, 0.3) is 0 Å². The molecule has 1 atom stereocenters. The van der Waals surface area contributed by atoms with E-state index in [1.165, 1.54) is 0 Å². The molecule has 0 spiro atoms. The highest BCUT2D eigenvalue weighted by Gasteiger charge is 2.06. The van der Waals surface area contributed by atoms with Crippen LogP contribution < -0.4 is 10.1 Å². The highest BCUT2D eigenvalue weighted by molar-refractivity contribution is 5.28. The number of hydrogen-bond acceptors (Lipinski definition) is 4. The Bertz CT molecular complexity index is 496. The van der Waals surface area contributed by atoms with E-state index in [9.17, 15) is 0 Å². The molecule has 0 aliphatic heterocycles. The molecule has 1 aromatic carbocycles. The Labute approximate surface area is 119 Å². The van der Waals surface area contributed by atoms with Crippen molar-refractivity contribution in [1.82, 2.24) is 5.32 Å². The van der Waals surface area contributed by atoms with E-state index in [4.69, 9.17) is 13.9 Å². The third-order valence-corrected chi connectivity index (χ3v) is 3.00. The minimum atomic E-state index is 0.188. The lowest BCUT2D eigenvalue weighted by Crippen LogP contribution is -2.24. The van der Waals surface area contributed by atoms with Gasteiger partial charge in [0, 0.05) is 13.7 Å². The summed E-state index contributed by atoms with van der Waals surface area (Å²) in [5.74, 6) is 1.80. The molecule has 4 heteroatoms. The lowest BCUT2D eigenvalue weighted by atomic mass is 10.2. The number of benzene rings is 1. The van der Waals surface area contributed by atoms with E-state index in [0.717, 1.165) is 23.6 Å². The van der Waals surface area contributed by atoms with E-state index in [1.54, 1.807) is 13.4 Å². The van der Waals surface area contributed by atoms with Gasteiger partial charge in [0.2, 0.25) is 0 Å². The van der Waals surface area contributed by atoms with Crippen LogP contribution in [0.25, 0.3) is 0 Å². The summed E-state index contributed by atoms with van der Waals surface area (Å²) in [6, 6.07) is 12.0. The molecular formula is C16H21NO3. The van der Waals surface area contributed by atoms with Crippen molar-refractivity contribution in [3.63, 3.8) is 0 Å². The van der Waals surface area contributed by atoms with Crippen molar-refractivity contribution in [1.29, 1.82) is 0 Å². The molecule has 0 saturated carbocycles. The van der Waals surface area contributed by atoms with Gasteiger partial charge in [0.1, 0.15) is 18.1 Å². The van der Waals surface area contributed by atoms with Gasteiger partial charge in [-0.15, -0.1) is 0 Å². The normalized spacial score (nSPS) is 12.3. The van der Waals surface area contributed by atoms with Crippen molar-refractivity contribution >= 4 is 0 Å². The quantitative estimate of drug-likeness (QED) is 0.752. The molecule has 4 nitrogen and oxygen atoms in total. The van der Waals surface area contributed by atoms with Crippen LogP contribution in [0.5, 0.6) is 5.75 Å². The zero-order valence-corrected chi connectivity index (χ0v) is 12.0. The molecule has 0 aliphatic carbocycles. The second-order valence-corrected chi connectivity index (χ2v) is 4.62. The number of hydrogen-bond donors (Lipinski definition) is 1. The van der Waals surface area contributed by atoms with Gasteiger partial charge in [-0.1, -0.05) is 12.1 Å². The van der Waals surface area contributed by atoms with Gasteiger partial charge in [0.15, 0.2) is 0 Å². The van der Waals surface area contributed by atoms with E-state index in [2.05, 4.69) is 12.2 Å². The van der Waals surface area contributed by atoms with Crippen LogP contribution in [-0.4, -0.2) is 20.3 Å². The Morgan fingerprint density at radius 2 is 2.15 bits per heavy atom. The maximum absolute atomic E-state index is 5.71. The molecule has 0 radical (unpaired) electrons. The SMILES string of the molecule is COCc1cccc(OCCNC(C)c2ccco2)c1. The second kappa shape index (κ2) is 7.72. The van der Waals surface area contributed by atoms with E-state index in [-0.39, 0.29) is 6.04 Å². The van der Waals surface area contributed by atoms with Crippen LogP contribution in [0.3, 0.4) is 0 Å². The summed E-state index contributed by atoms with van der Waals surface area (Å²) >= 11 is 0. The third kappa shape index (κ3) is 4.40. The topological polar surface area (TPSA) is 43.6 Å². The zero-order valence-electron chi connectivity index (χ0n) is 12.0. The Morgan fingerprint density at radius 1 is 1.25 bits per heavy atom. The maximum atomic E-state index is 5.71. The summed E-state index contributed by atoms with van der Waals surface area (Å²) in [4.78, 5) is 0. The molecular weight excluding hydrogens is 254 g/mol. The monoisotopic (exact) mass is 275 g/mol. The standard InChI is InChI=1S/C16H21NO3/c1-13(16-7-4-9-20-16)17-8-10-19-15-6-3-5-14(11-15)12-18-2/h3-7,9,11,13,17H,8,10,12H2,1-2H3. The highest BCUT2D eigenvalue weighted by atomic mass is 16.5. The molecule has 20 heavy (non-hydrogen) atoms. The van der Waals surface area contributed by atoms with Crippen molar-refractivity contribution in [3.8, 4) is 5.75 Å². The molecule has 0 saturated heterocycles. The summed E-state index contributed by atoms with van der Waals surface area (Å²) in [5.41, 5.74) is 1.11. The summed E-state index contributed by atoms with van der Waals surface area (Å²) < 4.78 is 16.2. The number of methoxy groups -OCH3 is 1. The van der Waals surface area contributed by atoms with Gasteiger partial charge >= 0.3 is 0 Å². The Hall–Kier alpha value is -1.78. The molecule has 0 bridgehead atoms. The van der Waals surface area contributed by atoms with Crippen molar-refractivity contribution < 1.29 is 13.9 Å². The van der Waals surface area contributed by atoms with Crippen LogP contribution >= 0.6 is 0 Å². The number of furan rings is 1. The molecule has 1 N–H and O–H groups in total. The predicted octanol–water partition coefficient (Wildman–Crippen LogP) is 3.16. The van der Waals surface area contributed by atoms with Crippen molar-refractivity contribution in [2.24, 2.45) is 0 Å². The average molecular weight is 275 g/mol. The second-order valence-electron chi connectivity index (χ2n) is 4.62. The van der Waals surface area contributed by atoms with Crippen LogP contribution in [0.1, 0.15) is 24.3 Å². The Balaban J connectivity index is 1.71. The van der Waals surface area contributed by atoms with Crippen molar-refractivity contribution in [2.45, 2.75) is 19.6 Å². The maximum Gasteiger partial charge on any atom is 0.120 e. The van der Waals surface area contributed by atoms with Gasteiger partial charge < -0.3 is 19.2 Å². The van der Waals surface area contributed by atoms with E-state index < -0.39 is 0 Å². The summed E-state index contributed by atoms with van der Waals surface area (Å²) in [6.45, 7) is 4.04. The number of nitrogens with one attached hydrogen (secondary N) is 1.